The zero-order valence-corrected chi connectivity index (χ0v) is 10.7. The Labute approximate surface area is 112 Å². The summed E-state index contributed by atoms with van der Waals surface area (Å²) in [6.45, 7) is 0.515. The Morgan fingerprint density at radius 3 is 2.53 bits per heavy atom. The summed E-state index contributed by atoms with van der Waals surface area (Å²) in [6.07, 6.45) is 4.05. The van der Waals surface area contributed by atoms with Crippen LogP contribution in [0.5, 0.6) is 0 Å². The fourth-order valence-electron chi connectivity index (χ4n) is 2.40. The van der Waals surface area contributed by atoms with Crippen molar-refractivity contribution < 1.29 is 19.7 Å². The van der Waals surface area contributed by atoms with Gasteiger partial charge >= 0.3 is 5.97 Å². The maximum Gasteiger partial charge on any atom is 0.336 e. The lowest BCUT2D eigenvalue weighted by Crippen LogP contribution is -2.34. The SMILES string of the molecule is O=C(O)c1ccccc1C(O)(OCC1CC1)C1CC1. The predicted octanol–water partition coefficient (Wildman–Crippen LogP) is 2.37. The topological polar surface area (TPSA) is 66.8 Å². The second-order valence-corrected chi connectivity index (χ2v) is 5.58. The normalized spacial score (nSPS) is 21.9. The molecule has 102 valence electrons. The van der Waals surface area contributed by atoms with Gasteiger partial charge in [0.05, 0.1) is 12.2 Å². The lowest BCUT2D eigenvalue weighted by atomic mass is 9.95. The van der Waals surface area contributed by atoms with Gasteiger partial charge in [-0.3, -0.25) is 0 Å². The van der Waals surface area contributed by atoms with Crippen molar-refractivity contribution in [2.24, 2.45) is 11.8 Å². The Hall–Kier alpha value is -1.39. The van der Waals surface area contributed by atoms with Crippen LogP contribution in [-0.2, 0) is 10.5 Å². The molecule has 1 unspecified atom stereocenters. The number of aromatic carboxylic acids is 1. The third-order valence-corrected chi connectivity index (χ3v) is 3.91. The van der Waals surface area contributed by atoms with E-state index in [1.54, 1.807) is 18.2 Å². The Morgan fingerprint density at radius 1 is 1.26 bits per heavy atom. The third-order valence-electron chi connectivity index (χ3n) is 3.91. The molecule has 0 spiro atoms. The van der Waals surface area contributed by atoms with E-state index in [0.29, 0.717) is 18.1 Å². The molecular formula is C15H18O4. The average molecular weight is 262 g/mol. The number of aliphatic hydroxyl groups is 1. The van der Waals surface area contributed by atoms with Gasteiger partial charge in [-0.2, -0.15) is 0 Å². The van der Waals surface area contributed by atoms with E-state index in [9.17, 15) is 15.0 Å². The van der Waals surface area contributed by atoms with Crippen molar-refractivity contribution in [1.29, 1.82) is 0 Å². The van der Waals surface area contributed by atoms with Crippen LogP contribution in [0, 0.1) is 11.8 Å². The molecule has 4 heteroatoms. The molecule has 0 aliphatic heterocycles. The van der Waals surface area contributed by atoms with Crippen LogP contribution in [0.25, 0.3) is 0 Å². The molecule has 0 aromatic heterocycles. The van der Waals surface area contributed by atoms with Gasteiger partial charge in [-0.25, -0.2) is 4.79 Å². The molecule has 0 amide bonds. The maximum atomic E-state index is 11.3. The van der Waals surface area contributed by atoms with Gasteiger partial charge in [0.15, 0.2) is 5.79 Å². The standard InChI is InChI=1S/C15H18O4/c16-14(17)12-3-1-2-4-13(12)15(18,11-7-8-11)19-9-10-5-6-10/h1-4,10-11,18H,5-9H2,(H,16,17). The van der Waals surface area contributed by atoms with Crippen molar-refractivity contribution in [1.82, 2.24) is 0 Å². The van der Waals surface area contributed by atoms with E-state index in [1.807, 2.05) is 0 Å². The molecule has 4 nitrogen and oxygen atoms in total. The van der Waals surface area contributed by atoms with Gasteiger partial charge in [0, 0.05) is 11.5 Å². The van der Waals surface area contributed by atoms with Crippen LogP contribution in [0.2, 0.25) is 0 Å². The van der Waals surface area contributed by atoms with Crippen LogP contribution in [-0.4, -0.2) is 22.8 Å². The van der Waals surface area contributed by atoms with Gasteiger partial charge in [-0.15, -0.1) is 0 Å². The fraction of sp³-hybridized carbons (Fsp3) is 0.533. The highest BCUT2D eigenvalue weighted by molar-refractivity contribution is 5.89. The number of carbonyl (C=O) groups is 1. The quantitative estimate of drug-likeness (QED) is 0.772. The van der Waals surface area contributed by atoms with Crippen molar-refractivity contribution >= 4 is 5.97 Å². The zero-order chi connectivity index (χ0) is 13.5. The number of ether oxygens (including phenoxy) is 1. The Balaban J connectivity index is 1.91. The third kappa shape index (κ3) is 2.51. The van der Waals surface area contributed by atoms with Crippen molar-refractivity contribution in [2.75, 3.05) is 6.61 Å². The van der Waals surface area contributed by atoms with E-state index in [2.05, 4.69) is 0 Å². The number of carboxylic acids is 1. The summed E-state index contributed by atoms with van der Waals surface area (Å²) in [4.78, 5) is 11.3. The van der Waals surface area contributed by atoms with Crippen LogP contribution in [0.15, 0.2) is 24.3 Å². The molecule has 19 heavy (non-hydrogen) atoms. The molecule has 0 bridgehead atoms. The van der Waals surface area contributed by atoms with E-state index in [0.717, 1.165) is 25.7 Å². The summed E-state index contributed by atoms with van der Waals surface area (Å²) in [6, 6.07) is 6.59. The highest BCUT2D eigenvalue weighted by Gasteiger charge is 2.48. The molecule has 2 saturated carbocycles. The predicted molar refractivity (Wildman–Crippen MR) is 68.7 cm³/mol. The summed E-state index contributed by atoms with van der Waals surface area (Å²) >= 11 is 0. The molecule has 0 heterocycles. The molecule has 2 aliphatic rings. The van der Waals surface area contributed by atoms with Gasteiger partial charge in [0.25, 0.3) is 0 Å². The van der Waals surface area contributed by atoms with Crippen molar-refractivity contribution in [3.8, 4) is 0 Å². The Kier molecular flexibility index (Phi) is 3.07. The Bertz CT molecular complexity index is 491. The van der Waals surface area contributed by atoms with Crippen molar-refractivity contribution in [3.63, 3.8) is 0 Å². The van der Waals surface area contributed by atoms with Crippen molar-refractivity contribution in [3.05, 3.63) is 35.4 Å². The highest BCUT2D eigenvalue weighted by atomic mass is 16.6. The van der Waals surface area contributed by atoms with Crippen molar-refractivity contribution in [2.45, 2.75) is 31.5 Å². The maximum absolute atomic E-state index is 11.3. The summed E-state index contributed by atoms with van der Waals surface area (Å²) in [7, 11) is 0. The monoisotopic (exact) mass is 262 g/mol. The van der Waals surface area contributed by atoms with Crippen LogP contribution in [0.3, 0.4) is 0 Å². The molecule has 3 rings (SSSR count). The summed E-state index contributed by atoms with van der Waals surface area (Å²) < 4.78 is 5.75. The molecule has 0 radical (unpaired) electrons. The van der Waals surface area contributed by atoms with Gasteiger partial charge in [-0.1, -0.05) is 18.2 Å². The average Bonchev–Trinajstić information content (AvgIpc) is 3.29. The number of carboxylic acid groups (broad SMARTS) is 1. The van der Waals surface area contributed by atoms with Crippen LogP contribution in [0.1, 0.15) is 41.6 Å². The molecule has 2 fully saturated rings. The van der Waals surface area contributed by atoms with Crippen LogP contribution in [0.4, 0.5) is 0 Å². The molecule has 2 aliphatic carbocycles. The van der Waals surface area contributed by atoms with Gasteiger partial charge in [-0.05, 0) is 37.7 Å². The first-order valence-corrected chi connectivity index (χ1v) is 6.80. The molecule has 1 aromatic carbocycles. The van der Waals surface area contributed by atoms with Crippen LogP contribution < -0.4 is 0 Å². The van der Waals surface area contributed by atoms with E-state index in [1.165, 1.54) is 6.07 Å². The van der Waals surface area contributed by atoms with Crippen LogP contribution >= 0.6 is 0 Å². The van der Waals surface area contributed by atoms with E-state index >= 15 is 0 Å². The van der Waals surface area contributed by atoms with E-state index in [4.69, 9.17) is 4.74 Å². The number of hydrogen-bond acceptors (Lipinski definition) is 3. The molecule has 1 aromatic rings. The van der Waals surface area contributed by atoms with Gasteiger partial charge in [0.2, 0.25) is 0 Å². The first-order valence-electron chi connectivity index (χ1n) is 6.80. The minimum atomic E-state index is -1.43. The van der Waals surface area contributed by atoms with E-state index < -0.39 is 11.8 Å². The summed E-state index contributed by atoms with van der Waals surface area (Å²) in [5.41, 5.74) is 0.526. The fourth-order valence-corrected chi connectivity index (χ4v) is 2.40. The number of rotatable bonds is 6. The van der Waals surface area contributed by atoms with E-state index in [-0.39, 0.29) is 11.5 Å². The first-order chi connectivity index (χ1) is 9.11. The first kappa shape index (κ1) is 12.6. The highest BCUT2D eigenvalue weighted by Crippen LogP contribution is 2.48. The number of hydrogen-bond donors (Lipinski definition) is 2. The zero-order valence-electron chi connectivity index (χ0n) is 10.7. The molecule has 2 N–H and O–H groups in total. The summed E-state index contributed by atoms with van der Waals surface area (Å²) in [5.74, 6) is -1.91. The largest absolute Gasteiger partial charge is 0.478 e. The Morgan fingerprint density at radius 2 is 1.95 bits per heavy atom. The minimum absolute atomic E-state index is 0.0201. The smallest absolute Gasteiger partial charge is 0.336 e. The van der Waals surface area contributed by atoms with Gasteiger partial charge in [0.1, 0.15) is 0 Å². The second kappa shape index (κ2) is 4.62. The molecule has 0 saturated heterocycles. The lowest BCUT2D eigenvalue weighted by Gasteiger charge is -2.30. The molecule has 1 atom stereocenters. The van der Waals surface area contributed by atoms with Gasteiger partial charge < -0.3 is 14.9 Å². The second-order valence-electron chi connectivity index (χ2n) is 5.58. The molecular weight excluding hydrogens is 244 g/mol. The lowest BCUT2D eigenvalue weighted by molar-refractivity contribution is -0.230. The number of benzene rings is 1. The summed E-state index contributed by atoms with van der Waals surface area (Å²) in [5, 5.41) is 20.1. The minimum Gasteiger partial charge on any atom is -0.478 e.